The van der Waals surface area contributed by atoms with Crippen LogP contribution in [0.2, 0.25) is 0 Å². The van der Waals surface area contributed by atoms with E-state index in [4.69, 9.17) is 4.52 Å². The molecule has 1 atom stereocenters. The zero-order chi connectivity index (χ0) is 21.1. The fourth-order valence-corrected chi connectivity index (χ4v) is 4.24. The summed E-state index contributed by atoms with van der Waals surface area (Å²) in [5.74, 6) is 0.447. The van der Waals surface area contributed by atoms with Gasteiger partial charge >= 0.3 is 0 Å². The quantitative estimate of drug-likeness (QED) is 0.762. The number of halogens is 1. The molecule has 2 fully saturated rings. The third kappa shape index (κ3) is 4.34. The molecule has 4 heterocycles. The molecule has 0 radical (unpaired) electrons. The molecule has 160 valence electrons. The average molecular weight is 415 g/mol. The number of nitrogens with zero attached hydrogens (tertiary/aromatic N) is 5. The lowest BCUT2D eigenvalue weighted by atomic mass is 9.90. The maximum atomic E-state index is 15.7. The Hall–Kier alpha value is -2.84. The van der Waals surface area contributed by atoms with E-state index in [2.05, 4.69) is 15.1 Å². The smallest absolute Gasteiger partial charge is 0.266 e. The second kappa shape index (κ2) is 8.49. The van der Waals surface area contributed by atoms with Gasteiger partial charge in [-0.1, -0.05) is 5.16 Å². The SMILES string of the molecule is CC(=O)N1CCC(CC(=O)N2CCCC(F)(c3nc(-c4cccnc4)no3)C2)CC1. The standard InChI is InChI=1S/C21H26FN5O3/c1-15(28)26-10-5-16(6-11-26)12-18(29)27-9-3-7-21(22,14-27)20-24-19(25-30-20)17-4-2-8-23-13-17/h2,4,8,13,16H,3,5-7,9-12,14H2,1H3. The first-order valence-corrected chi connectivity index (χ1v) is 10.4. The highest BCUT2D eigenvalue weighted by atomic mass is 19.1. The number of rotatable bonds is 4. The summed E-state index contributed by atoms with van der Waals surface area (Å²) >= 11 is 0. The predicted octanol–water partition coefficient (Wildman–Crippen LogP) is 2.57. The van der Waals surface area contributed by atoms with Crippen LogP contribution in [0.3, 0.4) is 0 Å². The summed E-state index contributed by atoms with van der Waals surface area (Å²) in [6.45, 7) is 3.38. The molecule has 0 aromatic carbocycles. The Balaban J connectivity index is 1.38. The van der Waals surface area contributed by atoms with Crippen LogP contribution in [0.1, 0.15) is 44.9 Å². The van der Waals surface area contributed by atoms with E-state index >= 15 is 4.39 Å². The Kier molecular flexibility index (Phi) is 5.78. The van der Waals surface area contributed by atoms with Gasteiger partial charge < -0.3 is 14.3 Å². The molecule has 8 nitrogen and oxygen atoms in total. The van der Waals surface area contributed by atoms with Gasteiger partial charge in [0.1, 0.15) is 0 Å². The number of likely N-dealkylation sites (tertiary alicyclic amines) is 2. The van der Waals surface area contributed by atoms with E-state index in [0.717, 1.165) is 12.8 Å². The molecule has 2 aromatic heterocycles. The summed E-state index contributed by atoms with van der Waals surface area (Å²) in [5, 5.41) is 3.89. The lowest BCUT2D eigenvalue weighted by molar-refractivity contribution is -0.138. The number of hydrogen-bond acceptors (Lipinski definition) is 6. The molecule has 0 saturated carbocycles. The highest BCUT2D eigenvalue weighted by Gasteiger charge is 2.44. The first-order chi connectivity index (χ1) is 14.4. The van der Waals surface area contributed by atoms with Crippen molar-refractivity contribution in [1.82, 2.24) is 24.9 Å². The van der Waals surface area contributed by atoms with Gasteiger partial charge in [0, 0.05) is 50.9 Å². The van der Waals surface area contributed by atoms with E-state index in [0.29, 0.717) is 38.0 Å². The summed E-state index contributed by atoms with van der Waals surface area (Å²) in [7, 11) is 0. The molecule has 4 rings (SSSR count). The molecular formula is C21H26FN5O3. The van der Waals surface area contributed by atoms with Crippen LogP contribution in [0.5, 0.6) is 0 Å². The van der Waals surface area contributed by atoms with Crippen LogP contribution in [0.15, 0.2) is 29.0 Å². The van der Waals surface area contributed by atoms with E-state index in [1.54, 1.807) is 36.4 Å². The summed E-state index contributed by atoms with van der Waals surface area (Å²) in [6.07, 6.45) is 5.99. The molecule has 0 N–H and O–H groups in total. The fourth-order valence-electron chi connectivity index (χ4n) is 4.24. The van der Waals surface area contributed by atoms with Gasteiger partial charge in [0.2, 0.25) is 23.3 Å². The van der Waals surface area contributed by atoms with Crippen molar-refractivity contribution in [3.63, 3.8) is 0 Å². The highest BCUT2D eigenvalue weighted by Crippen LogP contribution is 2.36. The molecule has 2 aliphatic rings. The molecule has 2 aliphatic heterocycles. The van der Waals surface area contributed by atoms with E-state index in [-0.39, 0.29) is 42.4 Å². The van der Waals surface area contributed by atoms with Crippen LogP contribution >= 0.6 is 0 Å². The fraction of sp³-hybridized carbons (Fsp3) is 0.571. The Labute approximate surface area is 174 Å². The van der Waals surface area contributed by atoms with E-state index in [9.17, 15) is 9.59 Å². The summed E-state index contributed by atoms with van der Waals surface area (Å²) in [6, 6.07) is 3.53. The van der Waals surface area contributed by atoms with E-state index < -0.39 is 5.67 Å². The molecule has 9 heteroatoms. The monoisotopic (exact) mass is 415 g/mol. The largest absolute Gasteiger partial charge is 0.343 e. The minimum absolute atomic E-state index is 0.0509. The van der Waals surface area contributed by atoms with Crippen molar-refractivity contribution < 1.29 is 18.5 Å². The zero-order valence-electron chi connectivity index (χ0n) is 17.1. The molecule has 2 aromatic rings. The van der Waals surface area contributed by atoms with Crippen LogP contribution in [0.4, 0.5) is 4.39 Å². The number of carbonyl (C=O) groups excluding carboxylic acids is 2. The van der Waals surface area contributed by atoms with Gasteiger partial charge in [0.15, 0.2) is 0 Å². The summed E-state index contributed by atoms with van der Waals surface area (Å²) < 4.78 is 20.9. The van der Waals surface area contributed by atoms with Gasteiger partial charge in [-0.3, -0.25) is 14.6 Å². The van der Waals surface area contributed by atoms with Crippen LogP contribution < -0.4 is 0 Å². The normalized spacial score (nSPS) is 22.9. The van der Waals surface area contributed by atoms with Crippen LogP contribution in [0, 0.1) is 5.92 Å². The van der Waals surface area contributed by atoms with E-state index in [1.807, 2.05) is 4.90 Å². The Morgan fingerprint density at radius 3 is 2.77 bits per heavy atom. The third-order valence-electron chi connectivity index (χ3n) is 6.05. The second-order valence-corrected chi connectivity index (χ2v) is 8.20. The number of carbonyl (C=O) groups is 2. The molecule has 2 saturated heterocycles. The lowest BCUT2D eigenvalue weighted by Crippen LogP contribution is -2.47. The Bertz CT molecular complexity index is 897. The molecule has 0 aliphatic carbocycles. The zero-order valence-corrected chi connectivity index (χ0v) is 17.1. The van der Waals surface area contributed by atoms with Gasteiger partial charge in [-0.15, -0.1) is 0 Å². The highest BCUT2D eigenvalue weighted by molar-refractivity contribution is 5.77. The van der Waals surface area contributed by atoms with Gasteiger partial charge in [-0.25, -0.2) is 4.39 Å². The van der Waals surface area contributed by atoms with Gasteiger partial charge in [0.25, 0.3) is 5.89 Å². The van der Waals surface area contributed by atoms with Gasteiger partial charge in [0.05, 0.1) is 6.54 Å². The van der Waals surface area contributed by atoms with Crippen molar-refractivity contribution >= 4 is 11.8 Å². The molecule has 2 amide bonds. The lowest BCUT2D eigenvalue weighted by Gasteiger charge is -2.37. The first-order valence-electron chi connectivity index (χ1n) is 10.4. The molecule has 1 unspecified atom stereocenters. The number of piperidine rings is 2. The van der Waals surface area contributed by atoms with Crippen molar-refractivity contribution in [2.45, 2.75) is 44.7 Å². The summed E-state index contributed by atoms with van der Waals surface area (Å²) in [5.41, 5.74) is -1.20. The topological polar surface area (TPSA) is 92.4 Å². The third-order valence-corrected chi connectivity index (χ3v) is 6.05. The molecule has 0 spiro atoms. The first kappa shape index (κ1) is 20.4. The van der Waals surface area contributed by atoms with Crippen molar-refractivity contribution in [1.29, 1.82) is 0 Å². The maximum absolute atomic E-state index is 15.7. The number of pyridine rings is 1. The molecular weight excluding hydrogens is 389 g/mol. The van der Waals surface area contributed by atoms with Crippen molar-refractivity contribution in [3.05, 3.63) is 30.4 Å². The number of alkyl halides is 1. The van der Waals surface area contributed by atoms with Crippen LogP contribution in [-0.2, 0) is 15.3 Å². The number of aromatic nitrogens is 3. The molecule has 0 bridgehead atoms. The van der Waals surface area contributed by atoms with Crippen molar-refractivity contribution in [3.8, 4) is 11.4 Å². The maximum Gasteiger partial charge on any atom is 0.266 e. The average Bonchev–Trinajstić information content (AvgIpc) is 3.26. The van der Waals surface area contributed by atoms with Crippen LogP contribution in [0.25, 0.3) is 11.4 Å². The van der Waals surface area contributed by atoms with Crippen molar-refractivity contribution in [2.75, 3.05) is 26.2 Å². The van der Waals surface area contributed by atoms with E-state index in [1.165, 1.54) is 0 Å². The predicted molar refractivity (Wildman–Crippen MR) is 106 cm³/mol. The van der Waals surface area contributed by atoms with Gasteiger partial charge in [-0.05, 0) is 43.7 Å². The van der Waals surface area contributed by atoms with Crippen molar-refractivity contribution in [2.24, 2.45) is 5.92 Å². The number of hydrogen-bond donors (Lipinski definition) is 0. The number of amides is 2. The minimum atomic E-state index is -1.85. The van der Waals surface area contributed by atoms with Gasteiger partial charge in [-0.2, -0.15) is 4.98 Å². The minimum Gasteiger partial charge on any atom is -0.343 e. The molecule has 30 heavy (non-hydrogen) atoms. The second-order valence-electron chi connectivity index (χ2n) is 8.20. The van der Waals surface area contributed by atoms with Crippen LogP contribution in [-0.4, -0.2) is 62.9 Å². The Morgan fingerprint density at radius 1 is 1.27 bits per heavy atom. The Morgan fingerprint density at radius 2 is 2.07 bits per heavy atom. The summed E-state index contributed by atoms with van der Waals surface area (Å²) in [4.78, 5) is 35.9.